The molecule has 1 N–H and O–H groups in total. The van der Waals surface area contributed by atoms with E-state index in [0.29, 0.717) is 12.7 Å². The standard InChI is InChI=1S/C13H26O2/c14-11-7-4-6-10-13-9-5-2-1-3-8-12-15-13/h13-14H,1-12H2. The molecule has 0 radical (unpaired) electrons. The lowest BCUT2D eigenvalue weighted by Gasteiger charge is -2.16. The summed E-state index contributed by atoms with van der Waals surface area (Å²) in [5.74, 6) is 0. The molecule has 0 amide bonds. The minimum absolute atomic E-state index is 0.339. The zero-order chi connectivity index (χ0) is 10.8. The van der Waals surface area contributed by atoms with Crippen molar-refractivity contribution in [2.24, 2.45) is 0 Å². The summed E-state index contributed by atoms with van der Waals surface area (Å²) in [5.41, 5.74) is 0. The fourth-order valence-electron chi connectivity index (χ4n) is 2.23. The summed E-state index contributed by atoms with van der Waals surface area (Å²) in [7, 11) is 0. The number of aliphatic hydroxyl groups is 1. The fourth-order valence-corrected chi connectivity index (χ4v) is 2.23. The van der Waals surface area contributed by atoms with E-state index in [0.717, 1.165) is 19.4 Å². The van der Waals surface area contributed by atoms with Crippen molar-refractivity contribution >= 4 is 0 Å². The van der Waals surface area contributed by atoms with E-state index in [2.05, 4.69) is 0 Å². The second-order valence-corrected chi connectivity index (χ2v) is 4.62. The molecule has 2 nitrogen and oxygen atoms in total. The topological polar surface area (TPSA) is 29.5 Å². The average molecular weight is 214 g/mol. The second kappa shape index (κ2) is 9.17. The van der Waals surface area contributed by atoms with Crippen molar-refractivity contribution < 1.29 is 9.84 Å². The van der Waals surface area contributed by atoms with Gasteiger partial charge in [0.05, 0.1) is 6.10 Å². The molecule has 0 aromatic heterocycles. The van der Waals surface area contributed by atoms with E-state index >= 15 is 0 Å². The lowest BCUT2D eigenvalue weighted by molar-refractivity contribution is 0.0393. The molecular weight excluding hydrogens is 188 g/mol. The molecule has 2 heteroatoms. The van der Waals surface area contributed by atoms with E-state index < -0.39 is 0 Å². The predicted octanol–water partition coefficient (Wildman–Crippen LogP) is 3.28. The van der Waals surface area contributed by atoms with Crippen molar-refractivity contribution in [2.75, 3.05) is 13.2 Å². The van der Waals surface area contributed by atoms with Gasteiger partial charge in [0.2, 0.25) is 0 Å². The van der Waals surface area contributed by atoms with Gasteiger partial charge in [-0.1, -0.05) is 38.5 Å². The van der Waals surface area contributed by atoms with Gasteiger partial charge in [-0.15, -0.1) is 0 Å². The Balaban J connectivity index is 2.07. The van der Waals surface area contributed by atoms with E-state index in [1.807, 2.05) is 0 Å². The molecule has 1 rings (SSSR count). The van der Waals surface area contributed by atoms with E-state index in [4.69, 9.17) is 9.84 Å². The van der Waals surface area contributed by atoms with E-state index in [1.54, 1.807) is 0 Å². The zero-order valence-electron chi connectivity index (χ0n) is 9.92. The molecule has 1 heterocycles. The molecule has 0 saturated carbocycles. The van der Waals surface area contributed by atoms with Crippen LogP contribution in [0, 0.1) is 0 Å². The van der Waals surface area contributed by atoms with Crippen LogP contribution in [-0.2, 0) is 4.74 Å². The largest absolute Gasteiger partial charge is 0.396 e. The number of rotatable bonds is 5. The second-order valence-electron chi connectivity index (χ2n) is 4.62. The lowest BCUT2D eigenvalue weighted by atomic mass is 10.0. The Hall–Kier alpha value is -0.0800. The van der Waals surface area contributed by atoms with Gasteiger partial charge in [-0.3, -0.25) is 0 Å². The van der Waals surface area contributed by atoms with E-state index in [-0.39, 0.29) is 0 Å². The predicted molar refractivity (Wildman–Crippen MR) is 63.0 cm³/mol. The lowest BCUT2D eigenvalue weighted by Crippen LogP contribution is -2.13. The van der Waals surface area contributed by atoms with Crippen molar-refractivity contribution in [3.63, 3.8) is 0 Å². The molecule has 1 aliphatic rings. The summed E-state index contributed by atoms with van der Waals surface area (Å²) < 4.78 is 5.88. The molecular formula is C13H26O2. The molecule has 0 aromatic carbocycles. The number of ether oxygens (including phenoxy) is 1. The maximum absolute atomic E-state index is 8.69. The molecule has 1 saturated heterocycles. The van der Waals surface area contributed by atoms with Crippen molar-refractivity contribution in [1.29, 1.82) is 0 Å². The minimum atomic E-state index is 0.339. The maximum Gasteiger partial charge on any atom is 0.0575 e. The molecule has 0 bridgehead atoms. The monoisotopic (exact) mass is 214 g/mol. The molecule has 15 heavy (non-hydrogen) atoms. The van der Waals surface area contributed by atoms with Crippen molar-refractivity contribution in [2.45, 2.75) is 70.3 Å². The molecule has 1 atom stereocenters. The van der Waals surface area contributed by atoms with Gasteiger partial charge in [-0.25, -0.2) is 0 Å². The van der Waals surface area contributed by atoms with Crippen LogP contribution < -0.4 is 0 Å². The van der Waals surface area contributed by atoms with Gasteiger partial charge in [0.15, 0.2) is 0 Å². The normalized spacial score (nSPS) is 24.2. The fraction of sp³-hybridized carbons (Fsp3) is 1.00. The number of hydrogen-bond donors (Lipinski definition) is 1. The average Bonchev–Trinajstić information content (AvgIpc) is 2.38. The molecule has 0 aromatic rings. The molecule has 0 spiro atoms. The van der Waals surface area contributed by atoms with Gasteiger partial charge in [0, 0.05) is 13.2 Å². The summed E-state index contributed by atoms with van der Waals surface area (Å²) >= 11 is 0. The van der Waals surface area contributed by atoms with E-state index in [9.17, 15) is 0 Å². The molecule has 1 fully saturated rings. The van der Waals surface area contributed by atoms with Crippen molar-refractivity contribution in [3.05, 3.63) is 0 Å². The summed E-state index contributed by atoms with van der Waals surface area (Å²) in [4.78, 5) is 0. The van der Waals surface area contributed by atoms with Crippen LogP contribution in [-0.4, -0.2) is 24.4 Å². The van der Waals surface area contributed by atoms with Gasteiger partial charge in [-0.2, -0.15) is 0 Å². The van der Waals surface area contributed by atoms with Crippen LogP contribution in [0.3, 0.4) is 0 Å². The first-order valence-electron chi connectivity index (χ1n) is 6.66. The highest BCUT2D eigenvalue weighted by molar-refractivity contribution is 4.61. The van der Waals surface area contributed by atoms with Crippen LogP contribution in [0.4, 0.5) is 0 Å². The van der Waals surface area contributed by atoms with Crippen LogP contribution in [0.1, 0.15) is 64.2 Å². The van der Waals surface area contributed by atoms with Gasteiger partial charge < -0.3 is 9.84 Å². The Morgan fingerprint density at radius 3 is 2.60 bits per heavy atom. The van der Waals surface area contributed by atoms with Crippen LogP contribution in [0.15, 0.2) is 0 Å². The van der Waals surface area contributed by atoms with Gasteiger partial charge in [0.1, 0.15) is 0 Å². The van der Waals surface area contributed by atoms with Crippen LogP contribution >= 0.6 is 0 Å². The first-order chi connectivity index (χ1) is 7.43. The molecule has 90 valence electrons. The number of unbranched alkanes of at least 4 members (excludes halogenated alkanes) is 2. The smallest absolute Gasteiger partial charge is 0.0575 e. The highest BCUT2D eigenvalue weighted by atomic mass is 16.5. The minimum Gasteiger partial charge on any atom is -0.396 e. The van der Waals surface area contributed by atoms with Crippen molar-refractivity contribution in [1.82, 2.24) is 0 Å². The highest BCUT2D eigenvalue weighted by Crippen LogP contribution is 2.17. The third-order valence-electron chi connectivity index (χ3n) is 3.21. The highest BCUT2D eigenvalue weighted by Gasteiger charge is 2.10. The Bertz CT molecular complexity index is 126. The number of hydrogen-bond acceptors (Lipinski definition) is 2. The Morgan fingerprint density at radius 1 is 0.933 bits per heavy atom. The summed E-state index contributed by atoms with van der Waals surface area (Å²) in [5, 5.41) is 8.69. The van der Waals surface area contributed by atoms with Gasteiger partial charge >= 0.3 is 0 Å². The van der Waals surface area contributed by atoms with Gasteiger partial charge in [0.25, 0.3) is 0 Å². The Kier molecular flexibility index (Phi) is 7.94. The van der Waals surface area contributed by atoms with Crippen LogP contribution in [0.25, 0.3) is 0 Å². The first kappa shape index (κ1) is 13.0. The third-order valence-corrected chi connectivity index (χ3v) is 3.21. The molecule has 0 aliphatic carbocycles. The van der Waals surface area contributed by atoms with Crippen LogP contribution in [0.2, 0.25) is 0 Å². The summed E-state index contributed by atoms with van der Waals surface area (Å²) in [6.07, 6.45) is 13.0. The quantitative estimate of drug-likeness (QED) is 0.712. The first-order valence-corrected chi connectivity index (χ1v) is 6.66. The SMILES string of the molecule is OCCCCCC1CCCCCCCO1. The Labute approximate surface area is 94.0 Å². The van der Waals surface area contributed by atoms with Crippen LogP contribution in [0.5, 0.6) is 0 Å². The summed E-state index contributed by atoms with van der Waals surface area (Å²) in [6.45, 7) is 1.30. The van der Waals surface area contributed by atoms with Gasteiger partial charge in [-0.05, 0) is 25.7 Å². The maximum atomic E-state index is 8.69. The number of aliphatic hydroxyl groups excluding tert-OH is 1. The molecule has 1 aliphatic heterocycles. The molecule has 1 unspecified atom stereocenters. The Morgan fingerprint density at radius 2 is 1.73 bits per heavy atom. The zero-order valence-corrected chi connectivity index (χ0v) is 9.92. The third kappa shape index (κ3) is 6.91. The van der Waals surface area contributed by atoms with Crippen molar-refractivity contribution in [3.8, 4) is 0 Å². The summed E-state index contributed by atoms with van der Waals surface area (Å²) in [6, 6.07) is 0. The van der Waals surface area contributed by atoms with E-state index in [1.165, 1.54) is 51.4 Å².